The van der Waals surface area contributed by atoms with Crippen molar-refractivity contribution in [2.24, 2.45) is 0 Å². The van der Waals surface area contributed by atoms with Crippen LogP contribution in [0.3, 0.4) is 0 Å². The van der Waals surface area contributed by atoms with Crippen molar-refractivity contribution in [2.75, 3.05) is 0 Å². The molecule has 1 rings (SSSR count). The van der Waals surface area contributed by atoms with Crippen LogP contribution in [0.4, 0.5) is 0 Å². The summed E-state index contributed by atoms with van der Waals surface area (Å²) < 4.78 is 4.14. The van der Waals surface area contributed by atoms with E-state index in [1.807, 2.05) is 0 Å². The summed E-state index contributed by atoms with van der Waals surface area (Å²) in [4.78, 5) is 2.26. The minimum Gasteiger partial charge on any atom is -0.315 e. The molecule has 0 aliphatic rings. The van der Waals surface area contributed by atoms with Gasteiger partial charge in [0.1, 0.15) is 0 Å². The Labute approximate surface area is 33.3 Å². The number of aromatic amines is 1. The van der Waals surface area contributed by atoms with E-state index in [4.69, 9.17) is 5.41 Å². The third-order valence-electron chi connectivity index (χ3n) is 0.352. The Morgan fingerprint density at radius 3 is 3.00 bits per heavy atom. The molecule has 0 atom stereocenters. The van der Waals surface area contributed by atoms with Crippen LogP contribution in [0.25, 0.3) is 0 Å². The minimum absolute atomic E-state index is 0.0741. The third-order valence-corrected chi connectivity index (χ3v) is 0.352. The lowest BCUT2D eigenvalue weighted by molar-refractivity contribution is 0.368. The van der Waals surface area contributed by atoms with E-state index in [9.17, 15) is 0 Å². The summed E-state index contributed by atoms with van der Waals surface area (Å²) in [5, 5.41) is 9.64. The van der Waals surface area contributed by atoms with Crippen molar-refractivity contribution in [3.8, 4) is 0 Å². The predicted octanol–water partition coefficient (Wildman–Crippen LogP) is -0.718. The monoisotopic (exact) mass is 84.0 g/mol. The fourth-order valence-electron chi connectivity index (χ4n) is 0.165. The van der Waals surface area contributed by atoms with Crippen molar-refractivity contribution in [2.45, 2.75) is 0 Å². The molecule has 0 fully saturated rings. The molecular weight excluding hydrogens is 82.0 g/mol. The minimum atomic E-state index is -0.0741. The maximum absolute atomic E-state index is 6.56. The first-order valence-corrected chi connectivity index (χ1v) is 1.36. The molecule has 0 spiro atoms. The van der Waals surface area contributed by atoms with Crippen LogP contribution in [0.5, 0.6) is 0 Å². The van der Waals surface area contributed by atoms with E-state index in [1.165, 1.54) is 0 Å². The molecule has 1 aromatic rings. The molecule has 0 aliphatic carbocycles. The van der Waals surface area contributed by atoms with Crippen molar-refractivity contribution >= 4 is 0 Å². The predicted molar refractivity (Wildman–Crippen MR) is 15.5 cm³/mol. The number of rotatable bonds is 0. The molecule has 0 saturated heterocycles. The molecule has 6 heavy (non-hydrogen) atoms. The number of hydrogen-bond acceptors (Lipinski definition) is 3. The number of hydrogen-bond donors (Lipinski definition) is 2. The molecule has 31 valence electrons. The Bertz CT molecular complexity index is 147. The topological polar surface area (TPSA) is 65.7 Å². The van der Waals surface area contributed by atoms with E-state index in [0.29, 0.717) is 0 Å². The summed E-state index contributed by atoms with van der Waals surface area (Å²) in [6.07, 6.45) is 2.20. The molecule has 4 nitrogen and oxygen atoms in total. The SMILES string of the molecule is N=c1[nH][c]no1. The van der Waals surface area contributed by atoms with E-state index in [-0.39, 0.29) is 5.68 Å². The van der Waals surface area contributed by atoms with Gasteiger partial charge < -0.3 is 4.52 Å². The molecule has 1 radical (unpaired) electrons. The van der Waals surface area contributed by atoms with Gasteiger partial charge in [-0.25, -0.2) is 5.41 Å². The van der Waals surface area contributed by atoms with Gasteiger partial charge >= 0.3 is 5.68 Å². The summed E-state index contributed by atoms with van der Waals surface area (Å²) in [6, 6.07) is 0. The highest BCUT2D eigenvalue weighted by molar-refractivity contribution is 4.30. The molecule has 0 bridgehead atoms. The zero-order valence-electron chi connectivity index (χ0n) is 2.86. The quantitative estimate of drug-likeness (QED) is 0.435. The molecule has 0 aliphatic heterocycles. The van der Waals surface area contributed by atoms with Gasteiger partial charge in [0.25, 0.3) is 0 Å². The first kappa shape index (κ1) is 3.14. The normalized spacial score (nSPS) is 8.67. The van der Waals surface area contributed by atoms with Crippen molar-refractivity contribution in [1.82, 2.24) is 10.1 Å². The Balaban J connectivity index is 3.41. The first-order chi connectivity index (χ1) is 2.89. The largest absolute Gasteiger partial charge is 0.318 e. The Morgan fingerprint density at radius 2 is 2.83 bits per heavy atom. The zero-order valence-corrected chi connectivity index (χ0v) is 2.86. The van der Waals surface area contributed by atoms with Gasteiger partial charge in [0.05, 0.1) is 0 Å². The summed E-state index contributed by atoms with van der Waals surface area (Å²) >= 11 is 0. The molecule has 2 N–H and O–H groups in total. The summed E-state index contributed by atoms with van der Waals surface area (Å²) in [6.45, 7) is 0. The van der Waals surface area contributed by atoms with E-state index >= 15 is 0 Å². The van der Waals surface area contributed by atoms with E-state index in [0.717, 1.165) is 0 Å². The second kappa shape index (κ2) is 0.965. The summed E-state index contributed by atoms with van der Waals surface area (Å²) in [7, 11) is 0. The Kier molecular flexibility index (Phi) is 0.506. The van der Waals surface area contributed by atoms with Crippen molar-refractivity contribution in [3.05, 3.63) is 12.0 Å². The highest BCUT2D eigenvalue weighted by atomic mass is 16.5. The van der Waals surface area contributed by atoms with Crippen LogP contribution in [-0.4, -0.2) is 10.1 Å². The molecule has 0 amide bonds. The second-order valence-corrected chi connectivity index (χ2v) is 0.749. The standard InChI is InChI=1S/C2H2N3O/c3-2-4-1-5-6-2/h(H2,3,4,5). The second-order valence-electron chi connectivity index (χ2n) is 0.749. The van der Waals surface area contributed by atoms with Crippen LogP contribution < -0.4 is 5.68 Å². The van der Waals surface area contributed by atoms with E-state index in [2.05, 4.69) is 21.0 Å². The van der Waals surface area contributed by atoms with Crippen LogP contribution in [0.2, 0.25) is 0 Å². The number of H-pyrrole nitrogens is 1. The average molecular weight is 84.1 g/mol. The number of aromatic nitrogens is 2. The Hall–Kier alpha value is -1.06. The lowest BCUT2D eigenvalue weighted by Crippen LogP contribution is -1.93. The molecule has 1 aromatic heterocycles. The lowest BCUT2D eigenvalue weighted by Gasteiger charge is -1.52. The maximum Gasteiger partial charge on any atom is 0.318 e. The van der Waals surface area contributed by atoms with Crippen molar-refractivity contribution < 1.29 is 4.52 Å². The van der Waals surface area contributed by atoms with Gasteiger partial charge in [-0.2, -0.15) is 0 Å². The van der Waals surface area contributed by atoms with Crippen molar-refractivity contribution in [1.29, 1.82) is 5.41 Å². The fraction of sp³-hybridized carbons (Fsp3) is 0. The molecule has 4 heteroatoms. The smallest absolute Gasteiger partial charge is 0.315 e. The molecule has 0 saturated carbocycles. The van der Waals surface area contributed by atoms with Gasteiger partial charge in [0.15, 0.2) is 0 Å². The van der Waals surface area contributed by atoms with Gasteiger partial charge in [0, 0.05) is 0 Å². The van der Waals surface area contributed by atoms with Gasteiger partial charge in [0.2, 0.25) is 6.33 Å². The highest BCUT2D eigenvalue weighted by Crippen LogP contribution is 1.49. The number of nitrogens with zero attached hydrogens (tertiary/aromatic N) is 1. The highest BCUT2D eigenvalue weighted by Gasteiger charge is 1.71. The van der Waals surface area contributed by atoms with Crippen LogP contribution in [0.15, 0.2) is 4.52 Å². The molecular formula is C2H2N3O. The lowest BCUT2D eigenvalue weighted by atomic mass is 11.3. The van der Waals surface area contributed by atoms with Crippen molar-refractivity contribution in [3.63, 3.8) is 0 Å². The van der Waals surface area contributed by atoms with Crippen LogP contribution >= 0.6 is 0 Å². The molecule has 0 unspecified atom stereocenters. The summed E-state index contributed by atoms with van der Waals surface area (Å²) in [5.74, 6) is 0. The van der Waals surface area contributed by atoms with Gasteiger partial charge in [-0.15, -0.1) is 0 Å². The maximum atomic E-state index is 6.56. The van der Waals surface area contributed by atoms with Gasteiger partial charge in [-0.1, -0.05) is 5.16 Å². The van der Waals surface area contributed by atoms with E-state index in [1.54, 1.807) is 0 Å². The van der Waals surface area contributed by atoms with Gasteiger partial charge in [-0.3, -0.25) is 4.98 Å². The van der Waals surface area contributed by atoms with Crippen LogP contribution in [0, 0.1) is 11.7 Å². The van der Waals surface area contributed by atoms with Crippen LogP contribution in [-0.2, 0) is 0 Å². The van der Waals surface area contributed by atoms with Gasteiger partial charge in [-0.05, 0) is 0 Å². The zero-order chi connectivity index (χ0) is 4.41. The molecule has 0 aromatic carbocycles. The number of nitrogens with one attached hydrogen (secondary N) is 2. The Morgan fingerprint density at radius 1 is 2.00 bits per heavy atom. The molecule has 1 heterocycles. The average Bonchev–Trinajstić information content (AvgIpc) is 1.86. The first-order valence-electron chi connectivity index (χ1n) is 1.36. The van der Waals surface area contributed by atoms with E-state index < -0.39 is 0 Å². The third kappa shape index (κ3) is 0.314. The summed E-state index contributed by atoms with van der Waals surface area (Å²) in [5.41, 5.74) is -0.0741. The van der Waals surface area contributed by atoms with Crippen LogP contribution in [0.1, 0.15) is 0 Å². The fourth-order valence-corrected chi connectivity index (χ4v) is 0.165.